The van der Waals surface area contributed by atoms with E-state index in [-0.39, 0.29) is 5.41 Å². The van der Waals surface area contributed by atoms with E-state index >= 15 is 0 Å². The molecule has 0 fully saturated rings. The third kappa shape index (κ3) is 3.54. The van der Waals surface area contributed by atoms with Gasteiger partial charge in [-0.3, -0.25) is 14.7 Å². The van der Waals surface area contributed by atoms with Crippen molar-refractivity contribution in [1.29, 1.82) is 0 Å². The average molecular weight is 369 g/mol. The third-order valence-electron chi connectivity index (χ3n) is 5.07. The van der Waals surface area contributed by atoms with Gasteiger partial charge in [0, 0.05) is 50.2 Å². The van der Waals surface area contributed by atoms with Crippen molar-refractivity contribution in [2.24, 2.45) is 7.05 Å². The molecule has 1 aliphatic heterocycles. The number of H-pyrrole nitrogens is 1. The topological polar surface area (TPSA) is 87.8 Å². The van der Waals surface area contributed by atoms with Crippen LogP contribution in [0.2, 0.25) is 0 Å². The molecule has 4 heterocycles. The number of rotatable bonds is 4. The first-order chi connectivity index (χ1) is 12.8. The Hall–Kier alpha value is -2.45. The lowest BCUT2D eigenvalue weighted by Gasteiger charge is -2.26. The van der Waals surface area contributed by atoms with Crippen LogP contribution in [0.4, 0.5) is 0 Å². The number of aromatic amines is 1. The zero-order valence-corrected chi connectivity index (χ0v) is 16.3. The summed E-state index contributed by atoms with van der Waals surface area (Å²) in [6, 6.07) is 4.14. The van der Waals surface area contributed by atoms with Crippen LogP contribution in [0.3, 0.4) is 0 Å². The monoisotopic (exact) mass is 369 g/mol. The highest BCUT2D eigenvalue weighted by Crippen LogP contribution is 2.24. The summed E-state index contributed by atoms with van der Waals surface area (Å²) < 4.78 is 3.81. The van der Waals surface area contributed by atoms with Crippen LogP contribution < -0.4 is 0 Å². The normalized spacial score (nSPS) is 16.5. The summed E-state index contributed by atoms with van der Waals surface area (Å²) >= 11 is 0. The number of nitrogens with one attached hydrogen (secondary N) is 1. The van der Waals surface area contributed by atoms with Crippen molar-refractivity contribution < 1.29 is 5.11 Å². The zero-order chi connectivity index (χ0) is 19.2. The maximum atomic E-state index is 10.6. The molecule has 4 rings (SSSR count). The molecule has 0 saturated carbocycles. The second-order valence-electron chi connectivity index (χ2n) is 8.32. The predicted molar refractivity (Wildman–Crippen MR) is 101 cm³/mol. The Bertz CT molecular complexity index is 930. The number of fused-ring (bicyclic) bond motifs is 1. The standard InChI is InChI=1S/C19H27N7O/c1-19(2,3)16-9-13(21-22-16)11-25-7-8-26-14(12-25)10-15(23-26)17(27)18-20-5-6-24(18)4/h5-6,9-10,17,27H,7-8,11-12H2,1-4H3,(H,21,22)/t17-/m0/s1. The molecule has 0 unspecified atom stereocenters. The van der Waals surface area contributed by atoms with Gasteiger partial charge in [0.25, 0.3) is 0 Å². The molecule has 27 heavy (non-hydrogen) atoms. The number of aliphatic hydroxyl groups excluding tert-OH is 1. The van der Waals surface area contributed by atoms with E-state index in [1.807, 2.05) is 28.6 Å². The number of aliphatic hydroxyl groups is 1. The fourth-order valence-electron chi connectivity index (χ4n) is 3.45. The van der Waals surface area contributed by atoms with Crippen LogP contribution in [-0.4, -0.2) is 46.1 Å². The van der Waals surface area contributed by atoms with Crippen molar-refractivity contribution in [3.63, 3.8) is 0 Å². The second kappa shape index (κ2) is 6.61. The minimum atomic E-state index is -0.807. The third-order valence-corrected chi connectivity index (χ3v) is 5.07. The first-order valence-electron chi connectivity index (χ1n) is 9.30. The molecule has 0 bridgehead atoms. The number of aryl methyl sites for hydroxylation is 1. The minimum absolute atomic E-state index is 0.0469. The number of imidazole rings is 1. The van der Waals surface area contributed by atoms with Crippen LogP contribution in [0.25, 0.3) is 0 Å². The van der Waals surface area contributed by atoms with E-state index in [0.717, 1.165) is 43.3 Å². The summed E-state index contributed by atoms with van der Waals surface area (Å²) in [5, 5.41) is 22.8. The molecule has 1 atom stereocenters. The van der Waals surface area contributed by atoms with Crippen LogP contribution in [0.15, 0.2) is 24.5 Å². The van der Waals surface area contributed by atoms with Crippen molar-refractivity contribution >= 4 is 0 Å². The van der Waals surface area contributed by atoms with Crippen LogP contribution in [0.1, 0.15) is 55.5 Å². The Morgan fingerprint density at radius 2 is 2.07 bits per heavy atom. The zero-order valence-electron chi connectivity index (χ0n) is 16.3. The molecule has 8 nitrogen and oxygen atoms in total. The molecule has 8 heteroatoms. The molecule has 0 aromatic carbocycles. The van der Waals surface area contributed by atoms with Gasteiger partial charge in [0.15, 0.2) is 6.10 Å². The number of aromatic nitrogens is 6. The molecule has 3 aromatic heterocycles. The predicted octanol–water partition coefficient (Wildman–Crippen LogP) is 1.73. The van der Waals surface area contributed by atoms with E-state index in [2.05, 4.69) is 52.0 Å². The van der Waals surface area contributed by atoms with E-state index in [0.29, 0.717) is 11.5 Å². The van der Waals surface area contributed by atoms with E-state index in [9.17, 15) is 5.11 Å². The quantitative estimate of drug-likeness (QED) is 0.731. The minimum Gasteiger partial charge on any atom is -0.379 e. The van der Waals surface area contributed by atoms with Crippen LogP contribution in [0.5, 0.6) is 0 Å². The highest BCUT2D eigenvalue weighted by Gasteiger charge is 2.24. The van der Waals surface area contributed by atoms with Gasteiger partial charge in [-0.15, -0.1) is 0 Å². The summed E-state index contributed by atoms with van der Waals surface area (Å²) in [6.07, 6.45) is 2.71. The maximum Gasteiger partial charge on any atom is 0.155 e. The van der Waals surface area contributed by atoms with Crippen LogP contribution in [-0.2, 0) is 32.1 Å². The van der Waals surface area contributed by atoms with Crippen molar-refractivity contribution in [2.45, 2.75) is 51.9 Å². The Balaban J connectivity index is 1.47. The van der Waals surface area contributed by atoms with E-state index < -0.39 is 6.10 Å². The SMILES string of the molecule is Cn1ccnc1[C@@H](O)c1cc2n(n1)CCN(Cc1cc(C(C)(C)C)n[nH]1)C2. The first-order valence-corrected chi connectivity index (χ1v) is 9.30. The molecular formula is C19H27N7O. The maximum absolute atomic E-state index is 10.6. The van der Waals surface area contributed by atoms with Crippen molar-refractivity contribution in [3.05, 3.63) is 53.1 Å². The molecule has 144 valence electrons. The summed E-state index contributed by atoms with van der Waals surface area (Å²) in [6.45, 7) is 9.84. The lowest BCUT2D eigenvalue weighted by atomic mass is 9.92. The lowest BCUT2D eigenvalue weighted by Crippen LogP contribution is -2.33. The number of nitrogens with zero attached hydrogens (tertiary/aromatic N) is 6. The van der Waals surface area contributed by atoms with Crippen LogP contribution >= 0.6 is 0 Å². The fraction of sp³-hybridized carbons (Fsp3) is 0.526. The van der Waals surface area contributed by atoms with E-state index in [1.165, 1.54) is 0 Å². The van der Waals surface area contributed by atoms with Gasteiger partial charge >= 0.3 is 0 Å². The first kappa shape index (κ1) is 17.9. The molecule has 0 spiro atoms. The Kier molecular flexibility index (Phi) is 4.39. The van der Waals surface area contributed by atoms with E-state index in [4.69, 9.17) is 0 Å². The molecule has 0 aliphatic carbocycles. The van der Waals surface area contributed by atoms with Gasteiger partial charge in [-0.05, 0) is 12.1 Å². The molecular weight excluding hydrogens is 342 g/mol. The molecule has 0 radical (unpaired) electrons. The van der Waals surface area contributed by atoms with Gasteiger partial charge in [-0.25, -0.2) is 4.98 Å². The van der Waals surface area contributed by atoms with Gasteiger partial charge in [0.2, 0.25) is 0 Å². The molecule has 0 amide bonds. The molecule has 0 saturated heterocycles. The molecule has 2 N–H and O–H groups in total. The Morgan fingerprint density at radius 1 is 1.26 bits per heavy atom. The van der Waals surface area contributed by atoms with Gasteiger partial charge in [-0.1, -0.05) is 20.8 Å². The van der Waals surface area contributed by atoms with Crippen LogP contribution in [0, 0.1) is 0 Å². The summed E-state index contributed by atoms with van der Waals surface area (Å²) in [4.78, 5) is 6.60. The van der Waals surface area contributed by atoms with E-state index in [1.54, 1.807) is 6.20 Å². The van der Waals surface area contributed by atoms with Gasteiger partial charge in [0.1, 0.15) is 5.82 Å². The Morgan fingerprint density at radius 3 is 2.74 bits per heavy atom. The molecule has 3 aromatic rings. The Labute approximate surface area is 158 Å². The molecule has 1 aliphatic rings. The highest BCUT2D eigenvalue weighted by molar-refractivity contribution is 5.20. The highest BCUT2D eigenvalue weighted by atomic mass is 16.3. The summed E-state index contributed by atoms with van der Waals surface area (Å²) in [5.41, 5.74) is 4.02. The largest absolute Gasteiger partial charge is 0.379 e. The van der Waals surface area contributed by atoms with Crippen molar-refractivity contribution in [3.8, 4) is 0 Å². The van der Waals surface area contributed by atoms with Crippen molar-refractivity contribution in [2.75, 3.05) is 6.54 Å². The fourth-order valence-corrected chi connectivity index (χ4v) is 3.45. The lowest BCUT2D eigenvalue weighted by molar-refractivity contribution is 0.193. The average Bonchev–Trinajstić information content (AvgIpc) is 3.32. The van der Waals surface area contributed by atoms with Crippen molar-refractivity contribution in [1.82, 2.24) is 34.4 Å². The summed E-state index contributed by atoms with van der Waals surface area (Å²) in [7, 11) is 1.87. The van der Waals surface area contributed by atoms with Gasteiger partial charge < -0.3 is 9.67 Å². The smallest absolute Gasteiger partial charge is 0.155 e. The summed E-state index contributed by atoms with van der Waals surface area (Å²) in [5.74, 6) is 0.606. The van der Waals surface area contributed by atoms with Gasteiger partial charge in [0.05, 0.1) is 23.6 Å². The number of hydrogen-bond donors (Lipinski definition) is 2. The second-order valence-corrected chi connectivity index (χ2v) is 8.32. The number of hydrogen-bond acceptors (Lipinski definition) is 5. The van der Waals surface area contributed by atoms with Gasteiger partial charge in [-0.2, -0.15) is 10.2 Å².